The maximum atomic E-state index is 14.8. The highest BCUT2D eigenvalue weighted by Gasteiger charge is 2.28. The fourth-order valence-corrected chi connectivity index (χ4v) is 4.60. The quantitative estimate of drug-likeness (QED) is 0.386. The normalized spacial score (nSPS) is 15.2. The first kappa shape index (κ1) is 20.7. The molecule has 1 atom stereocenters. The van der Waals surface area contributed by atoms with Gasteiger partial charge >= 0.3 is 5.43 Å². The SMILES string of the molecule is COc1cnc2c(-c3nc4c(F)cc5c(c4s3)OC(COC(=O)Cl)CO5)cc(C)cc2n1. The van der Waals surface area contributed by atoms with Crippen LogP contribution in [0.25, 0.3) is 31.8 Å². The lowest BCUT2D eigenvalue weighted by molar-refractivity contribution is 0.0415. The van der Waals surface area contributed by atoms with E-state index in [1.165, 1.54) is 30.7 Å². The Labute approximate surface area is 189 Å². The molecule has 3 heterocycles. The lowest BCUT2D eigenvalue weighted by Gasteiger charge is -2.26. The van der Waals surface area contributed by atoms with Crippen LogP contribution in [0.15, 0.2) is 24.4 Å². The van der Waals surface area contributed by atoms with E-state index in [1.54, 1.807) is 0 Å². The third-order valence-electron chi connectivity index (χ3n) is 4.84. The second-order valence-electron chi connectivity index (χ2n) is 7.07. The Morgan fingerprint density at radius 2 is 2.16 bits per heavy atom. The number of halogens is 2. The summed E-state index contributed by atoms with van der Waals surface area (Å²) < 4.78 is 36.8. The van der Waals surface area contributed by atoms with E-state index < -0.39 is 17.3 Å². The van der Waals surface area contributed by atoms with Gasteiger partial charge in [-0.1, -0.05) is 0 Å². The van der Waals surface area contributed by atoms with Gasteiger partial charge in [0.2, 0.25) is 5.88 Å². The fraction of sp³-hybridized carbons (Fsp3) is 0.238. The highest BCUT2D eigenvalue weighted by Crippen LogP contribution is 2.45. The van der Waals surface area contributed by atoms with Crippen molar-refractivity contribution in [1.29, 1.82) is 0 Å². The van der Waals surface area contributed by atoms with Gasteiger partial charge in [-0.05, 0) is 24.6 Å². The molecule has 2 aromatic heterocycles. The average molecular weight is 476 g/mol. The van der Waals surface area contributed by atoms with Crippen LogP contribution in [0.4, 0.5) is 9.18 Å². The standard InChI is InChI=1S/C21H15ClFN3O5S/c1-9-3-11(16-13(4-9)25-15(28-2)6-24-16)20-26-17-12(23)5-14-18(19(17)32-20)31-10(7-29-14)8-30-21(22)27/h3-6,10H,7-8H2,1-2H3. The van der Waals surface area contributed by atoms with E-state index in [0.717, 1.165) is 5.56 Å². The van der Waals surface area contributed by atoms with Gasteiger partial charge in [-0.25, -0.2) is 24.1 Å². The molecule has 32 heavy (non-hydrogen) atoms. The Hall–Kier alpha value is -3.24. The lowest BCUT2D eigenvalue weighted by Crippen LogP contribution is -2.33. The Balaban J connectivity index is 1.63. The number of carbonyl (C=O) groups is 1. The van der Waals surface area contributed by atoms with Crippen molar-refractivity contribution in [3.63, 3.8) is 0 Å². The van der Waals surface area contributed by atoms with Crippen LogP contribution in [0.3, 0.4) is 0 Å². The number of rotatable bonds is 4. The summed E-state index contributed by atoms with van der Waals surface area (Å²) >= 11 is 6.48. The van der Waals surface area contributed by atoms with Crippen molar-refractivity contribution in [3.8, 4) is 28.0 Å². The molecule has 1 aliphatic heterocycles. The van der Waals surface area contributed by atoms with E-state index in [0.29, 0.717) is 37.9 Å². The molecule has 2 aromatic carbocycles. The second-order valence-corrected chi connectivity index (χ2v) is 8.38. The molecule has 0 amide bonds. The first-order valence-electron chi connectivity index (χ1n) is 9.49. The van der Waals surface area contributed by atoms with E-state index in [9.17, 15) is 9.18 Å². The van der Waals surface area contributed by atoms with Crippen molar-refractivity contribution in [1.82, 2.24) is 15.0 Å². The zero-order chi connectivity index (χ0) is 22.4. The molecule has 5 rings (SSSR count). The zero-order valence-corrected chi connectivity index (χ0v) is 18.4. The molecule has 0 spiro atoms. The number of fused-ring (bicyclic) bond motifs is 4. The number of nitrogens with zero attached hydrogens (tertiary/aromatic N) is 3. The Bertz CT molecular complexity index is 1380. The molecule has 0 aliphatic carbocycles. The summed E-state index contributed by atoms with van der Waals surface area (Å²) in [4.78, 5) is 24.3. The van der Waals surface area contributed by atoms with Crippen molar-refractivity contribution < 1.29 is 28.1 Å². The summed E-state index contributed by atoms with van der Waals surface area (Å²) in [6.45, 7) is 1.93. The second kappa shape index (κ2) is 8.03. The number of thiazole rings is 1. The van der Waals surface area contributed by atoms with Crippen LogP contribution in [0.5, 0.6) is 17.4 Å². The summed E-state index contributed by atoms with van der Waals surface area (Å²) in [6.07, 6.45) is 0.943. The minimum Gasteiger partial charge on any atom is -0.486 e. The van der Waals surface area contributed by atoms with Gasteiger partial charge in [0.25, 0.3) is 0 Å². The largest absolute Gasteiger partial charge is 0.486 e. The molecule has 0 radical (unpaired) electrons. The lowest BCUT2D eigenvalue weighted by atomic mass is 10.1. The third-order valence-corrected chi connectivity index (χ3v) is 6.04. The van der Waals surface area contributed by atoms with Crippen molar-refractivity contribution >= 4 is 49.6 Å². The highest BCUT2D eigenvalue weighted by molar-refractivity contribution is 7.22. The minimum atomic E-state index is -0.937. The number of hydrogen-bond donors (Lipinski definition) is 0. The van der Waals surface area contributed by atoms with E-state index in [-0.39, 0.29) is 24.5 Å². The van der Waals surface area contributed by atoms with Crippen LogP contribution in [0.2, 0.25) is 0 Å². The van der Waals surface area contributed by atoms with Gasteiger partial charge in [0.15, 0.2) is 23.4 Å². The number of methoxy groups -OCH3 is 1. The van der Waals surface area contributed by atoms with Crippen molar-refractivity contribution in [2.45, 2.75) is 13.0 Å². The predicted octanol–water partition coefficient (Wildman–Crippen LogP) is 4.88. The molecule has 0 bridgehead atoms. The molecular weight excluding hydrogens is 461 g/mol. The first-order chi connectivity index (χ1) is 15.4. The molecule has 11 heteroatoms. The maximum absolute atomic E-state index is 14.8. The van der Waals surface area contributed by atoms with Gasteiger partial charge in [0.1, 0.15) is 28.4 Å². The van der Waals surface area contributed by atoms with E-state index in [1.807, 2.05) is 19.1 Å². The van der Waals surface area contributed by atoms with Gasteiger partial charge in [0.05, 0.1) is 24.3 Å². The summed E-state index contributed by atoms with van der Waals surface area (Å²) in [5, 5.41) is 0.554. The van der Waals surface area contributed by atoms with E-state index in [2.05, 4.69) is 15.0 Å². The smallest absolute Gasteiger partial charge is 0.403 e. The van der Waals surface area contributed by atoms with Gasteiger partial charge in [0, 0.05) is 23.2 Å². The molecule has 0 fully saturated rings. The Kier molecular flexibility index (Phi) is 5.18. The molecule has 0 saturated heterocycles. The summed E-state index contributed by atoms with van der Waals surface area (Å²) in [7, 11) is 1.52. The number of benzene rings is 2. The Morgan fingerprint density at radius 1 is 1.31 bits per heavy atom. The van der Waals surface area contributed by atoms with Gasteiger partial charge in [-0.15, -0.1) is 11.3 Å². The van der Waals surface area contributed by atoms with Crippen LogP contribution in [0, 0.1) is 12.7 Å². The van der Waals surface area contributed by atoms with Crippen LogP contribution in [0.1, 0.15) is 5.56 Å². The summed E-state index contributed by atoms with van der Waals surface area (Å²) in [5.41, 5.74) is 2.14. The molecule has 0 saturated carbocycles. The molecule has 8 nitrogen and oxygen atoms in total. The zero-order valence-electron chi connectivity index (χ0n) is 16.8. The fourth-order valence-electron chi connectivity index (χ4n) is 3.46. The van der Waals surface area contributed by atoms with Crippen LogP contribution in [-0.2, 0) is 4.74 Å². The maximum Gasteiger partial charge on any atom is 0.403 e. The molecule has 1 aliphatic rings. The Morgan fingerprint density at radius 3 is 2.94 bits per heavy atom. The third kappa shape index (κ3) is 3.65. The number of aromatic nitrogens is 3. The highest BCUT2D eigenvalue weighted by atomic mass is 35.5. The van der Waals surface area contributed by atoms with Gasteiger partial charge in [-0.3, -0.25) is 0 Å². The first-order valence-corrected chi connectivity index (χ1v) is 10.7. The van der Waals surface area contributed by atoms with Crippen molar-refractivity contribution in [3.05, 3.63) is 35.8 Å². The number of carbonyl (C=O) groups excluding carboxylic acids is 1. The number of ether oxygens (including phenoxy) is 4. The number of aryl methyl sites for hydroxylation is 1. The van der Waals surface area contributed by atoms with Crippen LogP contribution < -0.4 is 14.2 Å². The topological polar surface area (TPSA) is 92.7 Å². The molecule has 0 N–H and O–H groups in total. The van der Waals surface area contributed by atoms with E-state index in [4.69, 9.17) is 30.5 Å². The van der Waals surface area contributed by atoms with E-state index >= 15 is 0 Å². The number of hydrogen-bond acceptors (Lipinski definition) is 9. The summed E-state index contributed by atoms with van der Waals surface area (Å²) in [5.74, 6) is 0.474. The van der Waals surface area contributed by atoms with Crippen LogP contribution >= 0.6 is 22.9 Å². The van der Waals surface area contributed by atoms with Gasteiger partial charge in [-0.2, -0.15) is 0 Å². The van der Waals surface area contributed by atoms with Crippen LogP contribution in [-0.4, -0.2) is 46.8 Å². The molecule has 1 unspecified atom stereocenters. The average Bonchev–Trinajstić information content (AvgIpc) is 3.23. The predicted molar refractivity (Wildman–Crippen MR) is 117 cm³/mol. The monoisotopic (exact) mass is 475 g/mol. The molecular formula is C21H15ClFN3O5S. The minimum absolute atomic E-state index is 0.0910. The molecule has 4 aromatic rings. The molecule has 164 valence electrons. The van der Waals surface area contributed by atoms with Crippen molar-refractivity contribution in [2.24, 2.45) is 0 Å². The van der Waals surface area contributed by atoms with Crippen molar-refractivity contribution in [2.75, 3.05) is 20.3 Å². The summed E-state index contributed by atoms with van der Waals surface area (Å²) in [6, 6.07) is 5.06. The van der Waals surface area contributed by atoms with Gasteiger partial charge < -0.3 is 18.9 Å².